The summed E-state index contributed by atoms with van der Waals surface area (Å²) >= 11 is 12.2. The molecule has 168 valence electrons. The third-order valence-corrected chi connectivity index (χ3v) is 6.54. The minimum atomic E-state index is -0.322. The number of hydrogen-bond donors (Lipinski definition) is 1. The van der Waals surface area contributed by atoms with Crippen LogP contribution in [-0.4, -0.2) is 46.6 Å². The molecule has 2 heterocycles. The predicted octanol–water partition coefficient (Wildman–Crippen LogP) is 4.97. The van der Waals surface area contributed by atoms with Crippen molar-refractivity contribution in [3.05, 3.63) is 93.9 Å². The fourth-order valence-corrected chi connectivity index (χ4v) is 4.47. The van der Waals surface area contributed by atoms with Crippen molar-refractivity contribution in [2.75, 3.05) is 19.6 Å². The number of hydrogen-bond acceptors (Lipinski definition) is 4. The molecule has 5 nitrogen and oxygen atoms in total. The SMILES string of the molecule is O=C(Cc1ccc(Cl)c(Cl)c1)N(Cc1ccco1)C(CN1CCC(O)C1)c1ccccc1. The molecule has 1 amide bonds. The number of nitrogens with zero attached hydrogens (tertiary/aromatic N) is 2. The van der Waals surface area contributed by atoms with Crippen LogP contribution >= 0.6 is 23.2 Å². The number of benzene rings is 2. The second-order valence-corrected chi connectivity index (χ2v) is 8.97. The van der Waals surface area contributed by atoms with Gasteiger partial charge in [0.25, 0.3) is 0 Å². The third-order valence-electron chi connectivity index (χ3n) is 5.81. The van der Waals surface area contributed by atoms with Gasteiger partial charge >= 0.3 is 0 Å². The fraction of sp³-hybridized carbons (Fsp3) is 0.320. The number of rotatable bonds is 8. The standard InChI is InChI=1S/C25H26Cl2N2O3/c26-22-9-8-18(13-23(22)27)14-25(31)29(16-21-7-4-12-32-21)24(19-5-2-1-3-6-19)17-28-11-10-20(30)15-28/h1-9,12-13,20,24,30H,10-11,14-17H2. The van der Waals surface area contributed by atoms with Crippen LogP contribution in [0.2, 0.25) is 10.0 Å². The molecule has 32 heavy (non-hydrogen) atoms. The summed E-state index contributed by atoms with van der Waals surface area (Å²) in [6.07, 6.45) is 2.24. The first kappa shape index (κ1) is 22.9. The second-order valence-electron chi connectivity index (χ2n) is 8.15. The number of likely N-dealkylation sites (tertiary alicyclic amines) is 1. The van der Waals surface area contributed by atoms with Gasteiger partial charge in [0.05, 0.1) is 41.4 Å². The highest BCUT2D eigenvalue weighted by atomic mass is 35.5. The van der Waals surface area contributed by atoms with Gasteiger partial charge in [0.1, 0.15) is 5.76 Å². The summed E-state index contributed by atoms with van der Waals surface area (Å²) in [6.45, 7) is 2.40. The normalized spacial score (nSPS) is 17.4. The van der Waals surface area contributed by atoms with E-state index in [9.17, 15) is 9.90 Å². The summed E-state index contributed by atoms with van der Waals surface area (Å²) in [6, 6.07) is 18.8. The monoisotopic (exact) mass is 472 g/mol. The number of furan rings is 1. The molecule has 2 unspecified atom stereocenters. The van der Waals surface area contributed by atoms with Crippen molar-refractivity contribution >= 4 is 29.1 Å². The molecule has 0 radical (unpaired) electrons. The molecule has 1 saturated heterocycles. The van der Waals surface area contributed by atoms with Crippen LogP contribution in [0.15, 0.2) is 71.3 Å². The molecule has 1 aromatic heterocycles. The number of aliphatic hydroxyl groups excluding tert-OH is 1. The molecule has 1 aliphatic rings. The van der Waals surface area contributed by atoms with Crippen LogP contribution in [0.5, 0.6) is 0 Å². The van der Waals surface area contributed by atoms with Crippen LogP contribution in [0.4, 0.5) is 0 Å². The minimum Gasteiger partial charge on any atom is -0.467 e. The Bertz CT molecular complexity index is 1030. The van der Waals surface area contributed by atoms with Crippen LogP contribution in [0.3, 0.4) is 0 Å². The van der Waals surface area contributed by atoms with Crippen molar-refractivity contribution < 1.29 is 14.3 Å². The van der Waals surface area contributed by atoms with Gasteiger partial charge in [0.2, 0.25) is 5.91 Å². The van der Waals surface area contributed by atoms with Crippen molar-refractivity contribution in [2.24, 2.45) is 0 Å². The van der Waals surface area contributed by atoms with Crippen LogP contribution in [0.25, 0.3) is 0 Å². The van der Waals surface area contributed by atoms with Gasteiger partial charge in [-0.2, -0.15) is 0 Å². The van der Waals surface area contributed by atoms with Gasteiger partial charge in [0, 0.05) is 19.6 Å². The Hall–Kier alpha value is -2.31. The summed E-state index contributed by atoms with van der Waals surface area (Å²) < 4.78 is 5.59. The number of halogens is 2. The average molecular weight is 473 g/mol. The van der Waals surface area contributed by atoms with E-state index in [4.69, 9.17) is 27.6 Å². The van der Waals surface area contributed by atoms with E-state index in [1.165, 1.54) is 0 Å². The Morgan fingerprint density at radius 2 is 1.94 bits per heavy atom. The van der Waals surface area contributed by atoms with Crippen molar-refractivity contribution in [1.29, 1.82) is 0 Å². The molecule has 0 bridgehead atoms. The van der Waals surface area contributed by atoms with Gasteiger partial charge in [-0.1, -0.05) is 59.6 Å². The zero-order valence-electron chi connectivity index (χ0n) is 17.7. The van der Waals surface area contributed by atoms with Crippen molar-refractivity contribution in [2.45, 2.75) is 31.5 Å². The Morgan fingerprint density at radius 1 is 1.12 bits per heavy atom. The summed E-state index contributed by atoms with van der Waals surface area (Å²) in [5.41, 5.74) is 1.85. The van der Waals surface area contributed by atoms with Crippen molar-refractivity contribution in [1.82, 2.24) is 9.80 Å². The van der Waals surface area contributed by atoms with Gasteiger partial charge < -0.3 is 14.4 Å². The number of carbonyl (C=O) groups excluding carboxylic acids is 1. The van der Waals surface area contributed by atoms with E-state index in [1.807, 2.05) is 53.4 Å². The number of aliphatic hydroxyl groups is 1. The molecule has 3 aromatic rings. The Morgan fingerprint density at radius 3 is 2.59 bits per heavy atom. The molecule has 1 N–H and O–H groups in total. The third kappa shape index (κ3) is 5.73. The zero-order chi connectivity index (χ0) is 22.5. The van der Waals surface area contributed by atoms with E-state index in [-0.39, 0.29) is 24.5 Å². The number of β-amino-alcohol motifs (C(OH)–C–C–N with tert-alkyl or cyclic N) is 1. The van der Waals surface area contributed by atoms with E-state index < -0.39 is 0 Å². The molecular weight excluding hydrogens is 447 g/mol. The van der Waals surface area contributed by atoms with Crippen LogP contribution in [0.1, 0.15) is 29.3 Å². The lowest BCUT2D eigenvalue weighted by atomic mass is 10.0. The number of carbonyl (C=O) groups is 1. The maximum absolute atomic E-state index is 13.6. The largest absolute Gasteiger partial charge is 0.467 e. The highest BCUT2D eigenvalue weighted by Gasteiger charge is 2.30. The maximum atomic E-state index is 13.6. The molecule has 2 atom stereocenters. The van der Waals surface area contributed by atoms with Crippen LogP contribution in [-0.2, 0) is 17.8 Å². The van der Waals surface area contributed by atoms with Crippen molar-refractivity contribution in [3.8, 4) is 0 Å². The molecule has 1 fully saturated rings. The molecular formula is C25H26Cl2N2O3. The van der Waals surface area contributed by atoms with E-state index in [0.717, 1.165) is 29.9 Å². The van der Waals surface area contributed by atoms with Gasteiger partial charge in [-0.15, -0.1) is 0 Å². The Labute approximate surface area is 198 Å². The maximum Gasteiger partial charge on any atom is 0.227 e. The molecule has 0 spiro atoms. The predicted molar refractivity (Wildman–Crippen MR) is 126 cm³/mol. The number of amides is 1. The highest BCUT2D eigenvalue weighted by Crippen LogP contribution is 2.28. The van der Waals surface area contributed by atoms with Gasteiger partial charge in [-0.05, 0) is 41.8 Å². The zero-order valence-corrected chi connectivity index (χ0v) is 19.2. The summed E-state index contributed by atoms with van der Waals surface area (Å²) in [7, 11) is 0. The quantitative estimate of drug-likeness (QED) is 0.502. The van der Waals surface area contributed by atoms with E-state index in [2.05, 4.69) is 4.90 Å². The minimum absolute atomic E-state index is 0.0339. The van der Waals surface area contributed by atoms with Gasteiger partial charge in [0.15, 0.2) is 0 Å². The highest BCUT2D eigenvalue weighted by molar-refractivity contribution is 6.42. The second kappa shape index (κ2) is 10.5. The van der Waals surface area contributed by atoms with E-state index in [1.54, 1.807) is 18.4 Å². The first-order valence-corrected chi connectivity index (χ1v) is 11.5. The molecule has 7 heteroatoms. The summed E-state index contributed by atoms with van der Waals surface area (Å²) in [4.78, 5) is 17.7. The summed E-state index contributed by atoms with van der Waals surface area (Å²) in [5, 5.41) is 10.9. The Balaban J connectivity index is 1.64. The molecule has 4 rings (SSSR count). The van der Waals surface area contributed by atoms with Gasteiger partial charge in [-0.3, -0.25) is 9.69 Å². The van der Waals surface area contributed by atoms with Crippen LogP contribution < -0.4 is 0 Å². The lowest BCUT2D eigenvalue weighted by molar-refractivity contribution is -0.134. The molecule has 0 aliphatic carbocycles. The smallest absolute Gasteiger partial charge is 0.227 e. The first-order valence-electron chi connectivity index (χ1n) is 10.7. The van der Waals surface area contributed by atoms with Gasteiger partial charge in [-0.25, -0.2) is 0 Å². The lowest BCUT2D eigenvalue weighted by Gasteiger charge is -2.34. The average Bonchev–Trinajstić information content (AvgIpc) is 3.45. The lowest BCUT2D eigenvalue weighted by Crippen LogP contribution is -2.41. The van der Waals surface area contributed by atoms with E-state index >= 15 is 0 Å². The molecule has 2 aromatic carbocycles. The first-order chi connectivity index (χ1) is 15.5. The summed E-state index contributed by atoms with van der Waals surface area (Å²) in [5.74, 6) is 0.684. The topological polar surface area (TPSA) is 56.9 Å². The van der Waals surface area contributed by atoms with Crippen molar-refractivity contribution in [3.63, 3.8) is 0 Å². The fourth-order valence-electron chi connectivity index (χ4n) is 4.15. The Kier molecular flexibility index (Phi) is 7.53. The molecule has 0 saturated carbocycles. The molecule has 1 aliphatic heterocycles. The van der Waals surface area contributed by atoms with E-state index in [0.29, 0.717) is 29.7 Å². The van der Waals surface area contributed by atoms with Crippen LogP contribution in [0, 0.1) is 0 Å².